The zero-order valence-electron chi connectivity index (χ0n) is 11.2. The molecule has 6 nitrogen and oxygen atoms in total. The molecule has 0 saturated carbocycles. The molecule has 0 aromatic carbocycles. The van der Waals surface area contributed by atoms with Gasteiger partial charge in [-0.25, -0.2) is 5.01 Å². The Labute approximate surface area is 122 Å². The summed E-state index contributed by atoms with van der Waals surface area (Å²) < 4.78 is 10.6. The number of hydrogen-bond donors (Lipinski definition) is 2. The number of hydrogen-bond acceptors (Lipinski definition) is 6. The van der Waals surface area contributed by atoms with Crippen molar-refractivity contribution in [1.82, 2.24) is 15.4 Å². The molecule has 2 heterocycles. The molecular weight excluding hydrogens is 280 g/mol. The van der Waals surface area contributed by atoms with E-state index in [2.05, 4.69) is 10.4 Å². The van der Waals surface area contributed by atoms with Crippen LogP contribution in [0.3, 0.4) is 0 Å². The molecule has 2 N–H and O–H groups in total. The van der Waals surface area contributed by atoms with Crippen molar-refractivity contribution in [2.24, 2.45) is 0 Å². The Balaban J connectivity index is 2.31. The number of nitrogens with one attached hydrogen (secondary N) is 2. The summed E-state index contributed by atoms with van der Waals surface area (Å²) in [6, 6.07) is 3.67. The van der Waals surface area contributed by atoms with Crippen molar-refractivity contribution >= 4 is 22.5 Å². The van der Waals surface area contributed by atoms with E-state index in [0.29, 0.717) is 24.7 Å². The van der Waals surface area contributed by atoms with E-state index in [1.807, 2.05) is 17.1 Å². The predicted octanol–water partition coefficient (Wildman–Crippen LogP) is 1.45. The van der Waals surface area contributed by atoms with Crippen LogP contribution < -0.4 is 5.43 Å². The largest absolute Gasteiger partial charge is 0.491 e. The topological polar surface area (TPSA) is 70.5 Å². The highest BCUT2D eigenvalue weighted by Crippen LogP contribution is 2.19. The molecule has 0 aliphatic carbocycles. The number of allylic oxidation sites excluding steroid dienone is 1. The first-order valence-corrected chi connectivity index (χ1v) is 6.62. The summed E-state index contributed by atoms with van der Waals surface area (Å²) >= 11 is 5.81. The number of hydrazine groups is 1. The van der Waals surface area contributed by atoms with Gasteiger partial charge in [0.2, 0.25) is 0 Å². The number of nitrogens with zero attached hydrogens (tertiary/aromatic N) is 2. The van der Waals surface area contributed by atoms with Crippen LogP contribution in [0.2, 0.25) is 0 Å². The van der Waals surface area contributed by atoms with Crippen molar-refractivity contribution in [3.8, 4) is 0 Å². The Morgan fingerprint density at radius 2 is 2.05 bits per heavy atom. The number of halogens is 1. The van der Waals surface area contributed by atoms with E-state index in [0.717, 1.165) is 18.7 Å². The fourth-order valence-electron chi connectivity index (χ4n) is 1.90. The number of morpholine rings is 1. The number of aromatic nitrogens is 1. The van der Waals surface area contributed by atoms with Crippen molar-refractivity contribution in [2.75, 3.05) is 33.4 Å². The summed E-state index contributed by atoms with van der Waals surface area (Å²) in [5, 5.41) is 9.49. The zero-order chi connectivity index (χ0) is 14.4. The maximum Gasteiger partial charge on any atom is 0.180 e. The molecule has 1 aromatic rings. The van der Waals surface area contributed by atoms with Gasteiger partial charge in [-0.3, -0.25) is 10.4 Å². The van der Waals surface area contributed by atoms with E-state index in [1.54, 1.807) is 12.4 Å². The maximum absolute atomic E-state index is 7.63. The summed E-state index contributed by atoms with van der Waals surface area (Å²) in [6.07, 6.45) is 3.36. The number of methoxy groups -OCH3 is 1. The average Bonchev–Trinajstić information content (AvgIpc) is 2.48. The lowest BCUT2D eigenvalue weighted by Gasteiger charge is -2.29. The van der Waals surface area contributed by atoms with Crippen molar-refractivity contribution in [3.63, 3.8) is 0 Å². The highest BCUT2D eigenvalue weighted by Gasteiger charge is 2.18. The van der Waals surface area contributed by atoms with Crippen LogP contribution >= 0.6 is 11.6 Å². The van der Waals surface area contributed by atoms with Crippen molar-refractivity contribution < 1.29 is 9.47 Å². The summed E-state index contributed by atoms with van der Waals surface area (Å²) in [5.41, 5.74) is 4.76. The second kappa shape index (κ2) is 7.23. The van der Waals surface area contributed by atoms with E-state index >= 15 is 0 Å². The minimum absolute atomic E-state index is 0.153. The summed E-state index contributed by atoms with van der Waals surface area (Å²) in [4.78, 5) is 3.99. The summed E-state index contributed by atoms with van der Waals surface area (Å²) in [6.45, 7) is 2.83. The third-order valence-electron chi connectivity index (χ3n) is 2.88. The highest BCUT2D eigenvalue weighted by molar-refractivity contribution is 6.68. The van der Waals surface area contributed by atoms with Crippen LogP contribution in [0.15, 0.2) is 30.3 Å². The molecule has 20 heavy (non-hydrogen) atoms. The molecule has 0 spiro atoms. The normalized spacial score (nSPS) is 17.3. The average molecular weight is 297 g/mol. The Morgan fingerprint density at radius 1 is 1.40 bits per heavy atom. The lowest BCUT2D eigenvalue weighted by Crippen LogP contribution is -2.45. The first-order valence-electron chi connectivity index (χ1n) is 6.25. The monoisotopic (exact) mass is 296 g/mol. The molecule has 0 radical (unpaired) electrons. The number of pyridine rings is 1. The lowest BCUT2D eigenvalue weighted by atomic mass is 10.2. The fraction of sp³-hybridized carbons (Fsp3) is 0.385. The molecule has 2 rings (SSSR count). The van der Waals surface area contributed by atoms with Crippen LogP contribution in [0.5, 0.6) is 0 Å². The molecule has 1 aliphatic rings. The minimum Gasteiger partial charge on any atom is -0.491 e. The smallest absolute Gasteiger partial charge is 0.180 e. The third kappa shape index (κ3) is 3.69. The van der Waals surface area contributed by atoms with E-state index in [4.69, 9.17) is 26.5 Å². The maximum atomic E-state index is 7.63. The lowest BCUT2D eigenvalue weighted by molar-refractivity contribution is 0.0226. The van der Waals surface area contributed by atoms with Gasteiger partial charge >= 0.3 is 0 Å². The molecule has 1 saturated heterocycles. The van der Waals surface area contributed by atoms with Gasteiger partial charge in [0.05, 0.1) is 20.3 Å². The fourth-order valence-corrected chi connectivity index (χ4v) is 2.07. The molecule has 0 bridgehead atoms. The van der Waals surface area contributed by atoms with Gasteiger partial charge in [-0.05, 0) is 12.1 Å². The Kier molecular flexibility index (Phi) is 5.34. The van der Waals surface area contributed by atoms with Crippen molar-refractivity contribution in [3.05, 3.63) is 35.8 Å². The van der Waals surface area contributed by atoms with Crippen LogP contribution in [0.4, 0.5) is 0 Å². The number of ether oxygens (including phenoxy) is 2. The first kappa shape index (κ1) is 14.8. The van der Waals surface area contributed by atoms with Gasteiger partial charge < -0.3 is 14.9 Å². The second-order valence-electron chi connectivity index (χ2n) is 4.17. The van der Waals surface area contributed by atoms with Crippen LogP contribution in [-0.2, 0) is 9.47 Å². The van der Waals surface area contributed by atoms with E-state index in [1.165, 1.54) is 7.11 Å². The Bertz CT molecular complexity index is 486. The van der Waals surface area contributed by atoms with Crippen LogP contribution in [0.25, 0.3) is 5.70 Å². The van der Waals surface area contributed by atoms with Crippen LogP contribution in [0, 0.1) is 5.41 Å². The van der Waals surface area contributed by atoms with Gasteiger partial charge in [0.25, 0.3) is 0 Å². The molecule has 0 amide bonds. The molecule has 108 valence electrons. The Hall–Kier alpha value is -1.63. The summed E-state index contributed by atoms with van der Waals surface area (Å²) in [5.74, 6) is 0.296. The van der Waals surface area contributed by atoms with E-state index < -0.39 is 0 Å². The third-order valence-corrected chi connectivity index (χ3v) is 3.05. The predicted molar refractivity (Wildman–Crippen MR) is 77.3 cm³/mol. The zero-order valence-corrected chi connectivity index (χ0v) is 12.0. The summed E-state index contributed by atoms with van der Waals surface area (Å²) in [7, 11) is 1.49. The molecule has 0 unspecified atom stereocenters. The second-order valence-corrected chi connectivity index (χ2v) is 4.55. The minimum atomic E-state index is -0.153. The van der Waals surface area contributed by atoms with Gasteiger partial charge in [0.1, 0.15) is 5.70 Å². The van der Waals surface area contributed by atoms with Crippen molar-refractivity contribution in [2.45, 2.75) is 0 Å². The van der Waals surface area contributed by atoms with E-state index in [9.17, 15) is 0 Å². The van der Waals surface area contributed by atoms with Gasteiger partial charge in [-0.1, -0.05) is 11.6 Å². The number of rotatable bonds is 5. The van der Waals surface area contributed by atoms with Crippen LogP contribution in [-0.4, -0.2) is 48.6 Å². The molecule has 1 fully saturated rings. The van der Waals surface area contributed by atoms with Crippen molar-refractivity contribution in [1.29, 1.82) is 5.41 Å². The van der Waals surface area contributed by atoms with Gasteiger partial charge in [-0.15, -0.1) is 0 Å². The standard InChI is InChI=1S/C13H17ClN4O2/c1-19-12(13(14)15)11(10-2-4-16-5-3-10)17-18-6-8-20-9-7-18/h2-5,15,17H,6-9H2,1H3/b12-11+,15-13?. The molecule has 1 aromatic heterocycles. The molecule has 1 aliphatic heterocycles. The first-order chi connectivity index (χ1) is 9.72. The van der Waals surface area contributed by atoms with Gasteiger partial charge in [-0.2, -0.15) is 0 Å². The molecular formula is C13H17ClN4O2. The molecule has 7 heteroatoms. The quantitative estimate of drug-likeness (QED) is 0.636. The van der Waals surface area contributed by atoms with Gasteiger partial charge in [0.15, 0.2) is 10.9 Å². The SMILES string of the molecule is CO/C(C(=N)Cl)=C(/NN1CCOCC1)c1ccncc1. The Morgan fingerprint density at radius 3 is 2.60 bits per heavy atom. The van der Waals surface area contributed by atoms with Gasteiger partial charge in [0, 0.05) is 31.0 Å². The van der Waals surface area contributed by atoms with Crippen LogP contribution in [0.1, 0.15) is 5.56 Å². The van der Waals surface area contributed by atoms with E-state index in [-0.39, 0.29) is 5.17 Å². The molecule has 0 atom stereocenters. The highest BCUT2D eigenvalue weighted by atomic mass is 35.5.